The molecule has 0 amide bonds. The molecular formula is C22H24BF2N3. The number of hydrogen-bond acceptors (Lipinski definition) is 1. The van der Waals surface area contributed by atoms with E-state index in [9.17, 15) is 0 Å². The quantitative estimate of drug-likeness (QED) is 0.693. The van der Waals surface area contributed by atoms with Crippen LogP contribution in [-0.2, 0) is 0 Å². The number of aromatic nitrogens is 1. The third kappa shape index (κ3) is 2.75. The van der Waals surface area contributed by atoms with Gasteiger partial charge >= 0.3 is 6.97 Å². The number of allylic oxidation sites excluding steroid dienone is 3. The maximum Gasteiger partial charge on any atom is 0.737 e. The van der Waals surface area contributed by atoms with Gasteiger partial charge in [-0.05, 0) is 61.9 Å². The van der Waals surface area contributed by atoms with E-state index in [0.717, 1.165) is 22.4 Å². The van der Waals surface area contributed by atoms with E-state index in [0.29, 0.717) is 22.8 Å². The highest BCUT2D eigenvalue weighted by atomic mass is 19.2. The number of fused-ring (bicyclic) bond motifs is 2. The highest BCUT2D eigenvalue weighted by molar-refractivity contribution is 6.58. The molecule has 2 aromatic rings. The van der Waals surface area contributed by atoms with Crippen molar-refractivity contribution in [3.05, 3.63) is 76.3 Å². The van der Waals surface area contributed by atoms with Crippen LogP contribution in [0.15, 0.2) is 53.8 Å². The van der Waals surface area contributed by atoms with Crippen molar-refractivity contribution in [1.82, 2.24) is 4.48 Å². The Morgan fingerprint density at radius 1 is 1.00 bits per heavy atom. The molecule has 3 nitrogen and oxygen atoms in total. The molecule has 3 heterocycles. The van der Waals surface area contributed by atoms with Gasteiger partial charge in [-0.15, -0.1) is 0 Å². The second kappa shape index (κ2) is 6.33. The standard InChI is InChI=1S/C22H24BF2N3/c1-15-12-17(3)27-21(15)14-22-16(2)13-20(28(22)23(27,24)25)11-8-18-6-9-19(10-7-18)26(4)5/h6-14H,1-5H3/b11-8+. The van der Waals surface area contributed by atoms with E-state index in [1.807, 2.05) is 81.4 Å². The van der Waals surface area contributed by atoms with Crippen LogP contribution in [0.2, 0.25) is 0 Å². The van der Waals surface area contributed by atoms with E-state index in [2.05, 4.69) is 0 Å². The van der Waals surface area contributed by atoms with Gasteiger partial charge in [0.05, 0.1) is 0 Å². The lowest BCUT2D eigenvalue weighted by molar-refractivity contribution is -0.361. The van der Waals surface area contributed by atoms with Crippen molar-refractivity contribution >= 4 is 30.5 Å². The lowest BCUT2D eigenvalue weighted by Gasteiger charge is -2.30. The summed E-state index contributed by atoms with van der Waals surface area (Å²) in [4.78, 5) is 2.03. The highest BCUT2D eigenvalue weighted by Crippen LogP contribution is 2.36. The molecule has 144 valence electrons. The minimum absolute atomic E-state index is 0.516. The molecule has 2 aliphatic heterocycles. The molecule has 1 aromatic heterocycles. The number of halogens is 2. The molecule has 0 saturated heterocycles. The molecule has 0 atom stereocenters. The van der Waals surface area contributed by atoms with Crippen molar-refractivity contribution in [3.63, 3.8) is 0 Å². The minimum atomic E-state index is -3.94. The molecule has 2 aliphatic rings. The number of aryl methyl sites for hydroxylation is 2. The first kappa shape index (κ1) is 18.5. The van der Waals surface area contributed by atoms with E-state index in [4.69, 9.17) is 0 Å². The zero-order valence-electron chi connectivity index (χ0n) is 16.9. The largest absolute Gasteiger partial charge is 0.737 e. The van der Waals surface area contributed by atoms with Gasteiger partial charge in [-0.1, -0.05) is 12.1 Å². The third-order valence-electron chi connectivity index (χ3n) is 5.53. The fourth-order valence-electron chi connectivity index (χ4n) is 4.10. The fourth-order valence-corrected chi connectivity index (χ4v) is 4.10. The summed E-state index contributed by atoms with van der Waals surface area (Å²) in [6.45, 7) is 1.57. The average Bonchev–Trinajstić information content (AvgIpc) is 3.11. The summed E-state index contributed by atoms with van der Waals surface area (Å²) in [6, 6.07) is 9.84. The van der Waals surface area contributed by atoms with E-state index in [-0.39, 0.29) is 0 Å². The Morgan fingerprint density at radius 3 is 2.32 bits per heavy atom. The van der Waals surface area contributed by atoms with Gasteiger partial charge < -0.3 is 22.5 Å². The van der Waals surface area contributed by atoms with Crippen LogP contribution in [0.25, 0.3) is 12.2 Å². The summed E-state index contributed by atoms with van der Waals surface area (Å²) in [5.74, 6) is 0. The normalized spacial score (nSPS) is 17.5. The molecule has 0 fully saturated rings. The van der Waals surface area contributed by atoms with Crippen molar-refractivity contribution in [3.8, 4) is 0 Å². The molecule has 0 unspecified atom stereocenters. The minimum Gasteiger partial charge on any atom is -0.394 e. The van der Waals surface area contributed by atoms with Gasteiger partial charge in [0.25, 0.3) is 0 Å². The highest BCUT2D eigenvalue weighted by Gasteiger charge is 2.53. The Balaban J connectivity index is 1.78. The number of benzene rings is 1. The molecule has 0 aliphatic carbocycles. The van der Waals surface area contributed by atoms with Gasteiger partial charge in [-0.25, -0.2) is 0 Å². The maximum atomic E-state index is 15.5. The van der Waals surface area contributed by atoms with Crippen molar-refractivity contribution < 1.29 is 13.1 Å². The van der Waals surface area contributed by atoms with Crippen molar-refractivity contribution in [2.24, 2.45) is 0 Å². The van der Waals surface area contributed by atoms with E-state index in [1.54, 1.807) is 13.0 Å². The zero-order valence-corrected chi connectivity index (χ0v) is 16.9. The summed E-state index contributed by atoms with van der Waals surface area (Å²) in [5.41, 5.74) is 6.10. The maximum absolute atomic E-state index is 15.5. The number of hydrogen-bond donors (Lipinski definition) is 0. The summed E-state index contributed by atoms with van der Waals surface area (Å²) in [6.07, 6.45) is 7.38. The first-order chi connectivity index (χ1) is 13.2. The van der Waals surface area contributed by atoms with Gasteiger partial charge in [0, 0.05) is 49.3 Å². The van der Waals surface area contributed by atoms with Gasteiger partial charge in [0.1, 0.15) is 0 Å². The Labute approximate surface area is 164 Å². The second-order valence-corrected chi connectivity index (χ2v) is 7.78. The number of rotatable bonds is 3. The van der Waals surface area contributed by atoms with Crippen LogP contribution < -0.4 is 4.90 Å². The Kier molecular flexibility index (Phi) is 4.18. The van der Waals surface area contributed by atoms with E-state index >= 15 is 8.63 Å². The van der Waals surface area contributed by atoms with Crippen LogP contribution in [0.4, 0.5) is 14.3 Å². The van der Waals surface area contributed by atoms with Gasteiger partial charge in [-0.2, -0.15) is 0 Å². The summed E-state index contributed by atoms with van der Waals surface area (Å²) >= 11 is 0. The van der Waals surface area contributed by atoms with Gasteiger partial charge in [0.2, 0.25) is 0 Å². The van der Waals surface area contributed by atoms with E-state index in [1.165, 1.54) is 8.96 Å². The predicted octanol–water partition coefficient (Wildman–Crippen LogP) is 4.87. The Hall–Kier alpha value is -2.89. The molecule has 0 N–H and O–H groups in total. The molecular weight excluding hydrogens is 355 g/mol. The van der Waals surface area contributed by atoms with Crippen molar-refractivity contribution in [2.45, 2.75) is 20.8 Å². The second-order valence-electron chi connectivity index (χ2n) is 7.78. The number of nitrogens with zero attached hydrogens (tertiary/aromatic N) is 3. The number of anilines is 1. The topological polar surface area (TPSA) is 11.2 Å². The summed E-state index contributed by atoms with van der Waals surface area (Å²) in [7, 11) is 3.97. The van der Waals surface area contributed by atoms with Crippen LogP contribution in [0.1, 0.15) is 29.4 Å². The molecule has 0 bridgehead atoms. The van der Waals surface area contributed by atoms with Gasteiger partial charge in [-0.3, -0.25) is 0 Å². The van der Waals surface area contributed by atoms with Crippen molar-refractivity contribution in [1.29, 1.82) is 0 Å². The monoisotopic (exact) mass is 379 g/mol. The Bertz CT molecular complexity index is 1080. The Morgan fingerprint density at radius 2 is 1.68 bits per heavy atom. The lowest BCUT2D eigenvalue weighted by Crippen LogP contribution is -2.50. The van der Waals surface area contributed by atoms with Crippen LogP contribution in [0.3, 0.4) is 0 Å². The van der Waals surface area contributed by atoms with Gasteiger partial charge in [0.15, 0.2) is 11.4 Å². The first-order valence-corrected chi connectivity index (χ1v) is 9.43. The smallest absolute Gasteiger partial charge is 0.394 e. The predicted molar refractivity (Wildman–Crippen MR) is 114 cm³/mol. The summed E-state index contributed by atoms with van der Waals surface area (Å²) < 4.78 is 33.4. The lowest BCUT2D eigenvalue weighted by atomic mass is 9.89. The summed E-state index contributed by atoms with van der Waals surface area (Å²) in [5, 5.41) is 0. The molecule has 0 saturated carbocycles. The molecule has 4 rings (SSSR count). The fraction of sp³-hybridized carbons (Fsp3) is 0.227. The average molecular weight is 379 g/mol. The molecule has 1 aromatic carbocycles. The van der Waals surface area contributed by atoms with Crippen LogP contribution >= 0.6 is 0 Å². The molecule has 0 spiro atoms. The molecule has 28 heavy (non-hydrogen) atoms. The molecule has 6 heteroatoms. The first-order valence-electron chi connectivity index (χ1n) is 9.43. The third-order valence-corrected chi connectivity index (χ3v) is 5.53. The van der Waals surface area contributed by atoms with E-state index < -0.39 is 6.97 Å². The SMILES string of the molecule is CC1=CC(/C=C/c2ccc(N(C)C)cc2)=[N+]2C1=Cc1c(C)cc(C)n1[B-]2(F)F. The van der Waals surface area contributed by atoms with Crippen LogP contribution in [0.5, 0.6) is 0 Å². The van der Waals surface area contributed by atoms with Crippen molar-refractivity contribution in [2.75, 3.05) is 19.0 Å². The zero-order chi connectivity index (χ0) is 20.2. The molecule has 0 radical (unpaired) electrons. The van der Waals surface area contributed by atoms with Crippen LogP contribution in [0, 0.1) is 13.8 Å². The van der Waals surface area contributed by atoms with Crippen LogP contribution in [-0.4, -0.2) is 35.7 Å².